The molecule has 0 spiro atoms. The van der Waals surface area contributed by atoms with Crippen molar-refractivity contribution in [3.63, 3.8) is 0 Å². The number of rotatable bonds is 6. The highest BCUT2D eigenvalue weighted by atomic mass is 32.2. The van der Waals surface area contributed by atoms with Crippen molar-refractivity contribution in [1.82, 2.24) is 19.1 Å². The zero-order valence-corrected chi connectivity index (χ0v) is 15.0. The van der Waals surface area contributed by atoms with E-state index in [1.807, 2.05) is 0 Å². The third kappa shape index (κ3) is 4.50. The molecule has 0 amide bonds. The summed E-state index contributed by atoms with van der Waals surface area (Å²) >= 11 is 0. The van der Waals surface area contributed by atoms with E-state index >= 15 is 0 Å². The molecule has 1 aromatic heterocycles. The minimum absolute atomic E-state index is 0.0714. The predicted octanol–water partition coefficient (Wildman–Crippen LogP) is -0.0607. The maximum Gasteiger partial charge on any atom is 0.217 e. The Morgan fingerprint density at radius 3 is 2.74 bits per heavy atom. The van der Waals surface area contributed by atoms with Gasteiger partial charge in [0.15, 0.2) is 0 Å². The quantitative estimate of drug-likeness (QED) is 0.775. The molecule has 8 nitrogen and oxygen atoms in total. The fourth-order valence-electron chi connectivity index (χ4n) is 2.80. The van der Waals surface area contributed by atoms with Gasteiger partial charge in [-0.15, -0.1) is 10.2 Å². The second-order valence-electron chi connectivity index (χ2n) is 6.92. The van der Waals surface area contributed by atoms with Crippen LogP contribution in [0.4, 0.5) is 0 Å². The molecular weight excluding hydrogens is 320 g/mol. The summed E-state index contributed by atoms with van der Waals surface area (Å²) in [5, 5.41) is 18.6. The van der Waals surface area contributed by atoms with E-state index in [1.54, 1.807) is 31.8 Å². The van der Waals surface area contributed by atoms with Gasteiger partial charge in [-0.3, -0.25) is 0 Å². The van der Waals surface area contributed by atoms with E-state index in [1.165, 1.54) is 11.4 Å². The molecule has 1 N–H and O–H groups in total. The molecule has 0 bridgehead atoms. The minimum Gasteiger partial charge on any atom is -0.388 e. The van der Waals surface area contributed by atoms with Crippen molar-refractivity contribution < 1.29 is 18.3 Å². The first-order valence-electron chi connectivity index (χ1n) is 7.65. The lowest BCUT2D eigenvalue weighted by atomic mass is 9.90. The van der Waals surface area contributed by atoms with Gasteiger partial charge in [0.2, 0.25) is 10.0 Å². The number of aliphatic hydroxyl groups is 1. The lowest BCUT2D eigenvalue weighted by molar-refractivity contribution is -0.0106. The van der Waals surface area contributed by atoms with Gasteiger partial charge in [-0.2, -0.15) is 4.31 Å². The zero-order chi connectivity index (χ0) is 17.3. The van der Waals surface area contributed by atoms with E-state index in [0.717, 1.165) is 0 Å². The van der Waals surface area contributed by atoms with Crippen LogP contribution in [0.25, 0.3) is 0 Å². The topological polar surface area (TPSA) is 97.6 Å². The first-order chi connectivity index (χ1) is 10.6. The van der Waals surface area contributed by atoms with Crippen molar-refractivity contribution in [2.75, 3.05) is 26.0 Å². The Labute approximate surface area is 137 Å². The molecule has 1 aliphatic heterocycles. The second-order valence-corrected chi connectivity index (χ2v) is 8.89. The van der Waals surface area contributed by atoms with Crippen molar-refractivity contribution in [2.24, 2.45) is 7.05 Å². The number of methoxy groups -OCH3 is 1. The Bertz CT molecular complexity index is 643. The fourth-order valence-corrected chi connectivity index (χ4v) is 4.83. The molecule has 0 aromatic carbocycles. The molecule has 1 aliphatic rings. The maximum absolute atomic E-state index is 12.6. The maximum atomic E-state index is 12.6. The fraction of sp³-hybridized carbons (Fsp3) is 0.857. The summed E-state index contributed by atoms with van der Waals surface area (Å²) in [6.45, 7) is 3.96. The van der Waals surface area contributed by atoms with E-state index in [9.17, 15) is 13.5 Å². The third-order valence-corrected chi connectivity index (χ3v) is 6.45. The standard InChI is InChI=1S/C14H26N4O4S/c1-13(2,22-4)10-23(20,21)18-7-5-6-14(19,9-18)8-12-16-15-11-17(12)3/h11,19H,5-10H2,1-4H3. The largest absolute Gasteiger partial charge is 0.388 e. The average molecular weight is 346 g/mol. The van der Waals surface area contributed by atoms with Crippen molar-refractivity contribution in [1.29, 1.82) is 0 Å². The van der Waals surface area contributed by atoms with Crippen LogP contribution in [0.1, 0.15) is 32.5 Å². The third-order valence-electron chi connectivity index (χ3n) is 4.29. The molecule has 0 radical (unpaired) electrons. The van der Waals surface area contributed by atoms with Crippen LogP contribution >= 0.6 is 0 Å². The summed E-state index contributed by atoms with van der Waals surface area (Å²) < 4.78 is 33.6. The van der Waals surface area contributed by atoms with Crippen LogP contribution in [-0.2, 0) is 28.2 Å². The number of piperidine rings is 1. The summed E-state index contributed by atoms with van der Waals surface area (Å²) in [4.78, 5) is 0. The summed E-state index contributed by atoms with van der Waals surface area (Å²) in [5.41, 5.74) is -1.89. The highest BCUT2D eigenvalue weighted by Crippen LogP contribution is 2.27. The molecule has 23 heavy (non-hydrogen) atoms. The number of ether oxygens (including phenoxy) is 1. The first-order valence-corrected chi connectivity index (χ1v) is 9.26. The Hall–Kier alpha value is -1.03. The van der Waals surface area contributed by atoms with Gasteiger partial charge in [-0.25, -0.2) is 8.42 Å². The van der Waals surface area contributed by atoms with Gasteiger partial charge >= 0.3 is 0 Å². The second kappa shape index (κ2) is 6.46. The first kappa shape index (κ1) is 18.3. The lowest BCUT2D eigenvalue weighted by Gasteiger charge is -2.39. The van der Waals surface area contributed by atoms with Crippen molar-refractivity contribution >= 4 is 10.0 Å². The van der Waals surface area contributed by atoms with Gasteiger partial charge in [-0.1, -0.05) is 0 Å². The Balaban J connectivity index is 2.12. The average Bonchev–Trinajstić information content (AvgIpc) is 2.82. The number of hydrogen-bond donors (Lipinski definition) is 1. The van der Waals surface area contributed by atoms with E-state index in [2.05, 4.69) is 10.2 Å². The number of hydrogen-bond acceptors (Lipinski definition) is 6. The molecule has 0 aliphatic carbocycles. The summed E-state index contributed by atoms with van der Waals surface area (Å²) in [7, 11) is -0.209. The van der Waals surface area contributed by atoms with E-state index in [0.29, 0.717) is 25.2 Å². The molecule has 0 saturated carbocycles. The van der Waals surface area contributed by atoms with E-state index in [-0.39, 0.29) is 18.7 Å². The molecule has 1 fully saturated rings. The van der Waals surface area contributed by atoms with Crippen molar-refractivity contribution in [3.05, 3.63) is 12.2 Å². The van der Waals surface area contributed by atoms with Crippen LogP contribution in [0.5, 0.6) is 0 Å². The molecule has 1 atom stereocenters. The molecule has 1 aromatic rings. The molecule has 1 saturated heterocycles. The van der Waals surface area contributed by atoms with Gasteiger partial charge in [-0.05, 0) is 26.7 Å². The van der Waals surface area contributed by atoms with Crippen LogP contribution in [0.3, 0.4) is 0 Å². The molecule has 1 unspecified atom stereocenters. The highest BCUT2D eigenvalue weighted by molar-refractivity contribution is 7.89. The minimum atomic E-state index is -3.51. The van der Waals surface area contributed by atoms with Gasteiger partial charge in [0.05, 0.1) is 17.0 Å². The summed E-state index contributed by atoms with van der Waals surface area (Å²) in [6.07, 6.45) is 3.00. The Morgan fingerprint density at radius 2 is 2.17 bits per heavy atom. The summed E-state index contributed by atoms with van der Waals surface area (Å²) in [6, 6.07) is 0. The van der Waals surface area contributed by atoms with Crippen LogP contribution in [-0.4, -0.2) is 69.7 Å². The van der Waals surface area contributed by atoms with Crippen molar-refractivity contribution in [3.8, 4) is 0 Å². The van der Waals surface area contributed by atoms with Crippen LogP contribution in [0.15, 0.2) is 6.33 Å². The van der Waals surface area contributed by atoms with Crippen molar-refractivity contribution in [2.45, 2.75) is 44.3 Å². The smallest absolute Gasteiger partial charge is 0.217 e. The Kier molecular flexibility index (Phi) is 5.15. The van der Waals surface area contributed by atoms with Gasteiger partial charge in [0.25, 0.3) is 0 Å². The molecular formula is C14H26N4O4S. The van der Waals surface area contributed by atoms with Gasteiger partial charge < -0.3 is 14.4 Å². The molecule has 132 valence electrons. The normalized spacial score (nSPS) is 24.0. The van der Waals surface area contributed by atoms with E-state index in [4.69, 9.17) is 4.74 Å². The summed E-state index contributed by atoms with van der Waals surface area (Å²) in [5.74, 6) is 0.528. The van der Waals surface area contributed by atoms with E-state index < -0.39 is 21.2 Å². The van der Waals surface area contributed by atoms with Crippen LogP contribution in [0, 0.1) is 0 Å². The number of β-amino-alcohol motifs (C(OH)–C–C–N with tert-alkyl or cyclic N) is 1. The number of sulfonamides is 1. The monoisotopic (exact) mass is 346 g/mol. The molecule has 2 rings (SSSR count). The zero-order valence-electron chi connectivity index (χ0n) is 14.2. The molecule has 2 heterocycles. The van der Waals surface area contributed by atoms with Gasteiger partial charge in [0, 0.05) is 33.7 Å². The number of nitrogens with zero attached hydrogens (tertiary/aromatic N) is 4. The highest BCUT2D eigenvalue weighted by Gasteiger charge is 2.40. The predicted molar refractivity (Wildman–Crippen MR) is 85.3 cm³/mol. The SMILES string of the molecule is COC(C)(C)CS(=O)(=O)N1CCCC(O)(Cc2nncn2C)C1. The number of aromatic nitrogens is 3. The Morgan fingerprint density at radius 1 is 1.48 bits per heavy atom. The van der Waals surface area contributed by atoms with Gasteiger partial charge in [0.1, 0.15) is 12.2 Å². The van der Waals surface area contributed by atoms with Crippen LogP contribution in [0.2, 0.25) is 0 Å². The lowest BCUT2D eigenvalue weighted by Crippen LogP contribution is -2.53. The molecule has 9 heteroatoms. The number of aryl methyl sites for hydroxylation is 1. The van der Waals surface area contributed by atoms with Crippen LogP contribution < -0.4 is 0 Å².